The molecule has 0 spiro atoms. The van der Waals surface area contributed by atoms with Crippen molar-refractivity contribution in [2.24, 2.45) is 0 Å². The van der Waals surface area contributed by atoms with E-state index in [1.54, 1.807) is 48.5 Å². The van der Waals surface area contributed by atoms with Crippen molar-refractivity contribution < 1.29 is 14.7 Å². The van der Waals surface area contributed by atoms with Gasteiger partial charge in [-0.25, -0.2) is 9.78 Å². The van der Waals surface area contributed by atoms with Crippen molar-refractivity contribution in [1.29, 1.82) is 0 Å². The van der Waals surface area contributed by atoms with Crippen LogP contribution in [0, 0.1) is 0 Å². The van der Waals surface area contributed by atoms with Crippen molar-refractivity contribution in [2.75, 3.05) is 0 Å². The number of hydrogen-bond donors (Lipinski definition) is 1. The lowest BCUT2D eigenvalue weighted by Gasteiger charge is -2.23. The Morgan fingerprint density at radius 2 is 1.90 bits per heavy atom. The van der Waals surface area contributed by atoms with Crippen LogP contribution in [0.25, 0.3) is 17.0 Å². The molecule has 2 heterocycles. The molecule has 1 amide bonds. The summed E-state index contributed by atoms with van der Waals surface area (Å²) in [5, 5.41) is 11.1. The van der Waals surface area contributed by atoms with Crippen molar-refractivity contribution in [3.63, 3.8) is 0 Å². The van der Waals surface area contributed by atoms with E-state index in [-0.39, 0.29) is 4.32 Å². The van der Waals surface area contributed by atoms with Gasteiger partial charge in [-0.2, -0.15) is 0 Å². The molecule has 4 rings (SSSR count). The van der Waals surface area contributed by atoms with Crippen LogP contribution in [0.15, 0.2) is 65.6 Å². The quantitative estimate of drug-likeness (QED) is 0.459. The van der Waals surface area contributed by atoms with Crippen molar-refractivity contribution in [2.45, 2.75) is 6.04 Å². The molecule has 0 aliphatic carbocycles. The number of benzene rings is 2. The van der Waals surface area contributed by atoms with E-state index in [1.165, 1.54) is 0 Å². The van der Waals surface area contributed by atoms with Crippen molar-refractivity contribution >= 4 is 68.8 Å². The minimum absolute atomic E-state index is 0.191. The van der Waals surface area contributed by atoms with Crippen LogP contribution in [0.4, 0.5) is 0 Å². The molecule has 3 aromatic rings. The van der Waals surface area contributed by atoms with Crippen LogP contribution in [-0.4, -0.2) is 31.2 Å². The molecule has 5 nitrogen and oxygen atoms in total. The minimum atomic E-state index is -1.19. The van der Waals surface area contributed by atoms with E-state index in [9.17, 15) is 14.7 Å². The highest BCUT2D eigenvalue weighted by Crippen LogP contribution is 2.38. The topological polar surface area (TPSA) is 70.5 Å². The van der Waals surface area contributed by atoms with Gasteiger partial charge in [0.25, 0.3) is 5.91 Å². The zero-order chi connectivity index (χ0) is 20.5. The Bertz CT molecular complexity index is 1180. The fourth-order valence-corrected chi connectivity index (χ4v) is 4.60. The lowest BCUT2D eigenvalue weighted by Crippen LogP contribution is -2.37. The maximum absolute atomic E-state index is 13.0. The van der Waals surface area contributed by atoms with Crippen LogP contribution >= 0.6 is 35.6 Å². The summed E-state index contributed by atoms with van der Waals surface area (Å²) in [5.74, 6) is -1.61. The number of amides is 1. The molecule has 8 heteroatoms. The number of nitrogens with zero attached hydrogens (tertiary/aromatic N) is 2. The second-order valence-electron chi connectivity index (χ2n) is 6.25. The summed E-state index contributed by atoms with van der Waals surface area (Å²) in [6.45, 7) is 0. The second kappa shape index (κ2) is 7.94. The van der Waals surface area contributed by atoms with Gasteiger partial charge in [0.2, 0.25) is 0 Å². The smallest absolute Gasteiger partial charge is 0.331 e. The number of thioether (sulfide) groups is 1. The molecule has 1 atom stereocenters. The van der Waals surface area contributed by atoms with Crippen molar-refractivity contribution in [3.05, 3.63) is 81.8 Å². The van der Waals surface area contributed by atoms with Gasteiger partial charge in [0.05, 0.1) is 21.1 Å². The number of carboxylic acids is 1. The predicted octanol–water partition coefficient (Wildman–Crippen LogP) is 4.92. The zero-order valence-corrected chi connectivity index (χ0v) is 17.2. The first-order valence-corrected chi connectivity index (χ1v) is 10.2. The summed E-state index contributed by atoms with van der Waals surface area (Å²) in [5.41, 5.74) is 1.65. The summed E-state index contributed by atoms with van der Waals surface area (Å²) in [4.78, 5) is 30.9. The maximum atomic E-state index is 13.0. The Balaban J connectivity index is 1.71. The monoisotopic (exact) mass is 440 g/mol. The fraction of sp³-hybridized carbons (Fsp3) is 0.0476. The number of thiocarbonyl (C=S) groups is 1. The van der Waals surface area contributed by atoms with E-state index in [0.717, 1.165) is 22.0 Å². The first-order chi connectivity index (χ1) is 14.0. The first kappa shape index (κ1) is 19.6. The highest BCUT2D eigenvalue weighted by atomic mass is 35.5. The van der Waals surface area contributed by atoms with Crippen molar-refractivity contribution in [3.8, 4) is 0 Å². The Morgan fingerprint density at radius 3 is 2.62 bits per heavy atom. The number of fused-ring (bicyclic) bond motifs is 1. The van der Waals surface area contributed by atoms with Crippen molar-refractivity contribution in [1.82, 2.24) is 9.88 Å². The van der Waals surface area contributed by atoms with Gasteiger partial charge in [0.15, 0.2) is 6.04 Å². The molecule has 1 saturated heterocycles. The molecular formula is C21H13ClN2O3S2. The standard InChI is InChI=1S/C21H13ClN2O3S2/c22-15-8-4-7-12-9-10-14(23-17(12)15)11-16-19(25)24(21(28)29-16)18(20(26)27)13-5-2-1-3-6-13/h1-11,18H,(H,26,27)/b16-11-/t18-/m0/s1. The SMILES string of the molecule is O=C(O)[C@H](c1ccccc1)N1C(=O)/C(=C/c2ccc3cccc(Cl)c3n2)SC1=S. The molecular weight excluding hydrogens is 428 g/mol. The van der Waals surface area contributed by atoms with E-state index in [0.29, 0.717) is 26.7 Å². The molecule has 1 N–H and O–H groups in total. The van der Waals surface area contributed by atoms with Gasteiger partial charge >= 0.3 is 5.97 Å². The maximum Gasteiger partial charge on any atom is 0.331 e. The number of para-hydroxylation sites is 1. The Morgan fingerprint density at radius 1 is 1.14 bits per heavy atom. The number of hydrogen-bond acceptors (Lipinski definition) is 5. The van der Waals surface area contributed by atoms with E-state index in [1.807, 2.05) is 18.2 Å². The molecule has 1 fully saturated rings. The average Bonchev–Trinajstić information content (AvgIpc) is 2.97. The van der Waals surface area contributed by atoms with Gasteiger partial charge < -0.3 is 5.11 Å². The van der Waals surface area contributed by atoms with Gasteiger partial charge in [-0.3, -0.25) is 9.69 Å². The summed E-state index contributed by atoms with van der Waals surface area (Å²) in [6.07, 6.45) is 1.60. The van der Waals surface area contributed by atoms with Gasteiger partial charge in [-0.1, -0.05) is 84.1 Å². The van der Waals surface area contributed by atoms with Crippen LogP contribution in [0.1, 0.15) is 17.3 Å². The number of carbonyl (C=O) groups is 2. The second-order valence-corrected chi connectivity index (χ2v) is 8.33. The molecule has 29 heavy (non-hydrogen) atoms. The third-order valence-corrected chi connectivity index (χ3v) is 6.04. The third-order valence-electron chi connectivity index (χ3n) is 4.40. The normalized spacial score (nSPS) is 16.6. The minimum Gasteiger partial charge on any atom is -0.479 e. The molecule has 0 saturated carbocycles. The highest BCUT2D eigenvalue weighted by Gasteiger charge is 2.41. The molecule has 144 valence electrons. The van der Waals surface area contributed by atoms with Gasteiger partial charge in [-0.05, 0) is 23.8 Å². The zero-order valence-electron chi connectivity index (χ0n) is 14.8. The molecule has 1 aliphatic rings. The van der Waals surface area contributed by atoms with Crippen LogP contribution < -0.4 is 0 Å². The van der Waals surface area contributed by atoms with Gasteiger partial charge in [0.1, 0.15) is 4.32 Å². The Kier molecular flexibility index (Phi) is 5.36. The number of aromatic nitrogens is 1. The van der Waals surface area contributed by atoms with Crippen LogP contribution in [-0.2, 0) is 9.59 Å². The molecule has 1 aromatic heterocycles. The van der Waals surface area contributed by atoms with Crippen LogP contribution in [0.5, 0.6) is 0 Å². The third kappa shape index (κ3) is 3.76. The van der Waals surface area contributed by atoms with E-state index in [4.69, 9.17) is 23.8 Å². The molecule has 0 bridgehead atoms. The number of aliphatic carboxylic acids is 1. The number of rotatable bonds is 4. The lowest BCUT2D eigenvalue weighted by atomic mass is 10.1. The molecule has 0 radical (unpaired) electrons. The molecule has 1 aliphatic heterocycles. The van der Waals surface area contributed by atoms with Gasteiger partial charge in [-0.15, -0.1) is 0 Å². The van der Waals surface area contributed by atoms with E-state index < -0.39 is 17.9 Å². The van der Waals surface area contributed by atoms with E-state index >= 15 is 0 Å². The highest BCUT2D eigenvalue weighted by molar-refractivity contribution is 8.26. The van der Waals surface area contributed by atoms with Gasteiger partial charge in [0, 0.05) is 5.39 Å². The summed E-state index contributed by atoms with van der Waals surface area (Å²) in [7, 11) is 0. The first-order valence-electron chi connectivity index (χ1n) is 8.56. The lowest BCUT2D eigenvalue weighted by molar-refractivity contribution is -0.145. The van der Waals surface area contributed by atoms with Crippen LogP contribution in [0.3, 0.4) is 0 Å². The molecule has 2 aromatic carbocycles. The summed E-state index contributed by atoms with van der Waals surface area (Å²) in [6, 6.07) is 16.5. The number of halogens is 1. The number of carboxylic acid groups (broad SMARTS) is 1. The Hall–Kier alpha value is -2.74. The number of carbonyl (C=O) groups excluding carboxylic acids is 1. The Labute approximate surface area is 181 Å². The largest absolute Gasteiger partial charge is 0.479 e. The predicted molar refractivity (Wildman–Crippen MR) is 119 cm³/mol. The average molecular weight is 441 g/mol. The van der Waals surface area contributed by atoms with Crippen LogP contribution in [0.2, 0.25) is 5.02 Å². The number of pyridine rings is 1. The van der Waals surface area contributed by atoms with E-state index in [2.05, 4.69) is 4.98 Å². The molecule has 0 unspecified atom stereocenters. The summed E-state index contributed by atoms with van der Waals surface area (Å²) >= 11 is 12.6. The summed E-state index contributed by atoms with van der Waals surface area (Å²) < 4.78 is 0.191. The fourth-order valence-electron chi connectivity index (χ4n) is 3.08.